The predicted molar refractivity (Wildman–Crippen MR) is 119 cm³/mol. The minimum Gasteiger partial charge on any atom is -0.497 e. The molecule has 2 aromatic carbocycles. The zero-order valence-corrected chi connectivity index (χ0v) is 18.1. The minimum absolute atomic E-state index is 0.0148. The van der Waals surface area contributed by atoms with Gasteiger partial charge < -0.3 is 18.6 Å². The van der Waals surface area contributed by atoms with Crippen molar-refractivity contribution in [1.82, 2.24) is 5.32 Å². The van der Waals surface area contributed by atoms with Crippen molar-refractivity contribution in [1.29, 1.82) is 0 Å². The summed E-state index contributed by atoms with van der Waals surface area (Å²) in [7, 11) is 2.86. The lowest BCUT2D eigenvalue weighted by atomic mass is 10.1. The zero-order chi connectivity index (χ0) is 24.2. The number of nitrogens with one attached hydrogen (secondary N) is 1. The van der Waals surface area contributed by atoms with E-state index >= 15 is 0 Å². The fraction of sp³-hybridized carbons (Fsp3) is 0.0833. The van der Waals surface area contributed by atoms with Crippen LogP contribution in [0.3, 0.4) is 0 Å². The molecule has 0 aliphatic carbocycles. The highest BCUT2D eigenvalue weighted by molar-refractivity contribution is 6.39. The average Bonchev–Trinajstić information content (AvgIpc) is 3.38. The molecule has 0 bridgehead atoms. The van der Waals surface area contributed by atoms with E-state index < -0.39 is 23.8 Å². The fourth-order valence-corrected chi connectivity index (χ4v) is 3.19. The van der Waals surface area contributed by atoms with Crippen molar-refractivity contribution < 1.29 is 37.8 Å². The van der Waals surface area contributed by atoms with E-state index in [1.165, 1.54) is 63.0 Å². The standard InChI is InChI=1S/C24H18N2O8/c1-31-16-8-6-15(7-9-16)26-22(28)17(21(27)25-24(26)30)12-14-5-10-18(20(13-14)32-2)34-23(29)19-4-3-11-33-19/h3-13H,1-2H3,(H,25,27,30). The lowest BCUT2D eigenvalue weighted by Crippen LogP contribution is -2.54. The molecular weight excluding hydrogens is 444 g/mol. The van der Waals surface area contributed by atoms with Crippen LogP contribution in [0.1, 0.15) is 16.1 Å². The molecule has 4 rings (SSSR count). The smallest absolute Gasteiger partial charge is 0.379 e. The van der Waals surface area contributed by atoms with Crippen LogP contribution in [0, 0.1) is 0 Å². The molecule has 0 spiro atoms. The van der Waals surface area contributed by atoms with Gasteiger partial charge in [0.05, 0.1) is 26.2 Å². The first-order chi connectivity index (χ1) is 16.4. The molecule has 1 N–H and O–H groups in total. The highest BCUT2D eigenvalue weighted by Crippen LogP contribution is 2.31. The Morgan fingerprint density at radius 3 is 2.38 bits per heavy atom. The van der Waals surface area contributed by atoms with E-state index in [1.807, 2.05) is 0 Å². The number of hydrogen-bond acceptors (Lipinski definition) is 8. The third-order valence-corrected chi connectivity index (χ3v) is 4.86. The predicted octanol–water partition coefficient (Wildman–Crippen LogP) is 3.18. The van der Waals surface area contributed by atoms with Crippen molar-refractivity contribution in [3.63, 3.8) is 0 Å². The maximum Gasteiger partial charge on any atom is 0.379 e. The molecule has 0 saturated carbocycles. The van der Waals surface area contributed by atoms with Gasteiger partial charge in [0.2, 0.25) is 5.76 Å². The van der Waals surface area contributed by atoms with Crippen molar-refractivity contribution in [3.05, 3.63) is 77.8 Å². The van der Waals surface area contributed by atoms with E-state index in [4.69, 9.17) is 18.6 Å². The summed E-state index contributed by atoms with van der Waals surface area (Å²) < 4.78 is 20.7. The summed E-state index contributed by atoms with van der Waals surface area (Å²) in [5.41, 5.74) is 0.398. The molecule has 1 fully saturated rings. The largest absolute Gasteiger partial charge is 0.497 e. The number of methoxy groups -OCH3 is 2. The first-order valence-corrected chi connectivity index (χ1v) is 9.90. The Bertz CT molecular complexity index is 1290. The Kier molecular flexibility index (Phi) is 6.13. The Labute approximate surface area is 193 Å². The van der Waals surface area contributed by atoms with Crippen molar-refractivity contribution >= 4 is 35.6 Å². The van der Waals surface area contributed by atoms with Gasteiger partial charge in [-0.3, -0.25) is 14.9 Å². The van der Waals surface area contributed by atoms with E-state index in [1.54, 1.807) is 18.2 Å². The van der Waals surface area contributed by atoms with Crippen LogP contribution in [-0.4, -0.2) is 38.0 Å². The van der Waals surface area contributed by atoms with E-state index in [-0.39, 0.29) is 28.5 Å². The van der Waals surface area contributed by atoms with Crippen LogP contribution in [0.5, 0.6) is 17.2 Å². The summed E-state index contributed by atoms with van der Waals surface area (Å²) in [6.07, 6.45) is 2.65. The number of ether oxygens (including phenoxy) is 3. The zero-order valence-electron chi connectivity index (χ0n) is 18.1. The van der Waals surface area contributed by atoms with Gasteiger partial charge in [0, 0.05) is 0 Å². The molecule has 34 heavy (non-hydrogen) atoms. The molecule has 1 aromatic heterocycles. The fourth-order valence-electron chi connectivity index (χ4n) is 3.19. The number of nitrogens with zero attached hydrogens (tertiary/aromatic N) is 1. The van der Waals surface area contributed by atoms with Crippen molar-refractivity contribution in [2.75, 3.05) is 19.1 Å². The minimum atomic E-state index is -0.866. The molecule has 2 heterocycles. The van der Waals surface area contributed by atoms with Crippen molar-refractivity contribution in [2.45, 2.75) is 0 Å². The number of benzene rings is 2. The van der Waals surface area contributed by atoms with Crippen LogP contribution < -0.4 is 24.4 Å². The third-order valence-electron chi connectivity index (χ3n) is 4.86. The average molecular weight is 462 g/mol. The Morgan fingerprint density at radius 2 is 1.74 bits per heavy atom. The molecule has 1 saturated heterocycles. The highest BCUT2D eigenvalue weighted by atomic mass is 16.6. The van der Waals surface area contributed by atoms with Crippen LogP contribution in [0.25, 0.3) is 6.08 Å². The number of imide groups is 2. The molecule has 3 aromatic rings. The van der Waals surface area contributed by atoms with E-state index in [0.717, 1.165) is 4.90 Å². The van der Waals surface area contributed by atoms with E-state index in [2.05, 4.69) is 5.32 Å². The van der Waals surface area contributed by atoms with Gasteiger partial charge in [-0.1, -0.05) is 6.07 Å². The number of furan rings is 1. The molecule has 4 amide bonds. The number of hydrogen-bond donors (Lipinski definition) is 1. The number of esters is 1. The number of barbiturate groups is 1. The summed E-state index contributed by atoms with van der Waals surface area (Å²) >= 11 is 0. The molecule has 172 valence electrons. The molecule has 0 radical (unpaired) electrons. The van der Waals surface area contributed by atoms with E-state index in [0.29, 0.717) is 11.3 Å². The number of urea groups is 1. The number of carbonyl (C=O) groups excluding carboxylic acids is 4. The second-order valence-corrected chi connectivity index (χ2v) is 6.93. The SMILES string of the molecule is COc1ccc(N2C(=O)NC(=O)C(=Cc3ccc(OC(=O)c4ccco4)c(OC)c3)C2=O)cc1. The summed E-state index contributed by atoms with van der Waals surface area (Å²) in [5.74, 6) is -1.51. The highest BCUT2D eigenvalue weighted by Gasteiger charge is 2.36. The van der Waals surface area contributed by atoms with Gasteiger partial charge in [0.25, 0.3) is 11.8 Å². The lowest BCUT2D eigenvalue weighted by molar-refractivity contribution is -0.122. The van der Waals surface area contributed by atoms with Gasteiger partial charge in [-0.2, -0.15) is 0 Å². The maximum absolute atomic E-state index is 13.0. The molecule has 10 heteroatoms. The Balaban J connectivity index is 1.62. The van der Waals surface area contributed by atoms with Crippen LogP contribution in [-0.2, 0) is 9.59 Å². The summed E-state index contributed by atoms with van der Waals surface area (Å²) in [5, 5.41) is 2.16. The molecule has 1 aliphatic rings. The molecular formula is C24H18N2O8. The molecule has 10 nitrogen and oxygen atoms in total. The van der Waals surface area contributed by atoms with E-state index in [9.17, 15) is 19.2 Å². The number of anilines is 1. The van der Waals surface area contributed by atoms with Gasteiger partial charge in [0.15, 0.2) is 11.5 Å². The normalized spacial score (nSPS) is 14.7. The van der Waals surface area contributed by atoms with Crippen molar-refractivity contribution in [2.24, 2.45) is 0 Å². The van der Waals surface area contributed by atoms with Gasteiger partial charge in [-0.15, -0.1) is 0 Å². The van der Waals surface area contributed by atoms with Crippen LogP contribution in [0.15, 0.2) is 70.9 Å². The first kappa shape index (κ1) is 22.3. The summed E-state index contributed by atoms with van der Waals surface area (Å²) in [6.45, 7) is 0. The topological polar surface area (TPSA) is 124 Å². The summed E-state index contributed by atoms with van der Waals surface area (Å²) in [6, 6.07) is 12.8. The Morgan fingerprint density at radius 1 is 0.971 bits per heavy atom. The Hall–Kier alpha value is -4.86. The van der Waals surface area contributed by atoms with Crippen LogP contribution >= 0.6 is 0 Å². The second-order valence-electron chi connectivity index (χ2n) is 6.93. The van der Waals surface area contributed by atoms with Crippen LogP contribution in [0.2, 0.25) is 0 Å². The monoisotopic (exact) mass is 462 g/mol. The summed E-state index contributed by atoms with van der Waals surface area (Å²) in [4.78, 5) is 50.8. The third kappa shape index (κ3) is 4.37. The lowest BCUT2D eigenvalue weighted by Gasteiger charge is -2.26. The second kappa shape index (κ2) is 9.33. The molecule has 0 atom stereocenters. The van der Waals surface area contributed by atoms with Gasteiger partial charge >= 0.3 is 12.0 Å². The quantitative estimate of drug-likeness (QED) is 0.256. The number of carbonyl (C=O) groups is 4. The van der Waals surface area contributed by atoms with Gasteiger partial charge in [0.1, 0.15) is 11.3 Å². The van der Waals surface area contributed by atoms with Gasteiger partial charge in [-0.25, -0.2) is 14.5 Å². The van der Waals surface area contributed by atoms with Gasteiger partial charge in [-0.05, 0) is 60.2 Å². The molecule has 0 unspecified atom stereocenters. The maximum atomic E-state index is 13.0. The van der Waals surface area contributed by atoms with Crippen LogP contribution in [0.4, 0.5) is 10.5 Å². The molecule has 1 aliphatic heterocycles. The van der Waals surface area contributed by atoms with Crippen molar-refractivity contribution in [3.8, 4) is 17.2 Å². The number of amides is 4. The first-order valence-electron chi connectivity index (χ1n) is 9.90. The number of rotatable bonds is 6.